The second-order valence-corrected chi connectivity index (χ2v) is 8.79. The van der Waals surface area contributed by atoms with Crippen LogP contribution in [-0.2, 0) is 22.6 Å². The molecule has 1 aliphatic rings. The van der Waals surface area contributed by atoms with E-state index in [0.29, 0.717) is 24.0 Å². The van der Waals surface area contributed by atoms with Crippen LogP contribution in [0.5, 0.6) is 0 Å². The molecule has 1 saturated heterocycles. The van der Waals surface area contributed by atoms with Crippen molar-refractivity contribution in [2.45, 2.75) is 59.0 Å². The van der Waals surface area contributed by atoms with E-state index in [-0.39, 0.29) is 42.1 Å². The summed E-state index contributed by atoms with van der Waals surface area (Å²) in [7, 11) is 1.72. The summed E-state index contributed by atoms with van der Waals surface area (Å²) < 4.78 is 47.4. The Labute approximate surface area is 200 Å². The van der Waals surface area contributed by atoms with Crippen molar-refractivity contribution in [1.82, 2.24) is 10.6 Å². The molecule has 0 saturated carbocycles. The first-order valence-corrected chi connectivity index (χ1v) is 10.4. The van der Waals surface area contributed by atoms with Crippen molar-refractivity contribution in [3.05, 3.63) is 35.4 Å². The first-order valence-electron chi connectivity index (χ1n) is 10.4. The van der Waals surface area contributed by atoms with Crippen LogP contribution in [0.15, 0.2) is 29.3 Å². The van der Waals surface area contributed by atoms with Gasteiger partial charge in [-0.25, -0.2) is 0 Å². The van der Waals surface area contributed by atoms with Crippen molar-refractivity contribution in [3.8, 4) is 0 Å². The van der Waals surface area contributed by atoms with E-state index < -0.39 is 12.8 Å². The van der Waals surface area contributed by atoms with Crippen LogP contribution in [0.1, 0.15) is 44.7 Å². The van der Waals surface area contributed by atoms with Gasteiger partial charge < -0.3 is 20.1 Å². The maximum absolute atomic E-state index is 12.2. The third-order valence-corrected chi connectivity index (χ3v) is 5.04. The van der Waals surface area contributed by atoms with Gasteiger partial charge in [-0.05, 0) is 29.4 Å². The highest BCUT2D eigenvalue weighted by molar-refractivity contribution is 14.0. The second-order valence-electron chi connectivity index (χ2n) is 8.79. The maximum Gasteiger partial charge on any atom is 0.411 e. The minimum absolute atomic E-state index is 0. The molecule has 1 fully saturated rings. The van der Waals surface area contributed by atoms with Crippen molar-refractivity contribution >= 4 is 29.9 Å². The van der Waals surface area contributed by atoms with Crippen molar-refractivity contribution in [2.75, 3.05) is 26.8 Å². The van der Waals surface area contributed by atoms with E-state index in [1.165, 1.54) is 0 Å². The Morgan fingerprint density at radius 2 is 1.90 bits per heavy atom. The molecule has 2 N–H and O–H groups in total. The largest absolute Gasteiger partial charge is 0.411 e. The molecule has 2 rings (SSSR count). The normalized spacial score (nSPS) is 20.2. The number of ether oxygens (including phenoxy) is 2. The topological polar surface area (TPSA) is 54.9 Å². The Kier molecular flexibility index (Phi) is 11.6. The van der Waals surface area contributed by atoms with E-state index in [9.17, 15) is 13.2 Å². The molecule has 1 aliphatic heterocycles. The number of benzene rings is 1. The molecule has 0 aliphatic carbocycles. The lowest BCUT2D eigenvalue weighted by molar-refractivity contribution is -0.176. The number of aliphatic imine (C=N–C) groups is 1. The lowest BCUT2D eigenvalue weighted by Crippen LogP contribution is -2.47. The molecule has 5 nitrogen and oxygen atoms in total. The fraction of sp³-hybridized carbons (Fsp3) is 0.682. The summed E-state index contributed by atoms with van der Waals surface area (Å²) in [5.41, 5.74) is 1.73. The van der Waals surface area contributed by atoms with Crippen LogP contribution in [0, 0.1) is 11.3 Å². The number of rotatable bonds is 7. The molecular weight excluding hydrogens is 522 g/mol. The summed E-state index contributed by atoms with van der Waals surface area (Å²) >= 11 is 0. The summed E-state index contributed by atoms with van der Waals surface area (Å²) in [5, 5.41) is 6.65. The highest BCUT2D eigenvalue weighted by Gasteiger charge is 2.35. The van der Waals surface area contributed by atoms with E-state index in [1.807, 2.05) is 18.2 Å². The van der Waals surface area contributed by atoms with Crippen LogP contribution in [0.25, 0.3) is 0 Å². The third kappa shape index (κ3) is 10.4. The van der Waals surface area contributed by atoms with Gasteiger partial charge in [-0.15, -0.1) is 24.0 Å². The van der Waals surface area contributed by atoms with E-state index in [4.69, 9.17) is 9.47 Å². The monoisotopic (exact) mass is 557 g/mol. The van der Waals surface area contributed by atoms with E-state index >= 15 is 0 Å². The number of hydrogen-bond donors (Lipinski definition) is 2. The van der Waals surface area contributed by atoms with Crippen molar-refractivity contribution in [3.63, 3.8) is 0 Å². The van der Waals surface area contributed by atoms with Crippen molar-refractivity contribution in [1.29, 1.82) is 0 Å². The summed E-state index contributed by atoms with van der Waals surface area (Å²) in [6, 6.07) is 7.31. The molecule has 9 heteroatoms. The molecule has 2 unspecified atom stereocenters. The van der Waals surface area contributed by atoms with Crippen LogP contribution in [0.3, 0.4) is 0 Å². The predicted octanol–water partition coefficient (Wildman–Crippen LogP) is 4.89. The zero-order valence-corrected chi connectivity index (χ0v) is 21.1. The molecule has 1 heterocycles. The highest BCUT2D eigenvalue weighted by atomic mass is 127. The molecular formula is C22H35F3IN3O2. The zero-order chi connectivity index (χ0) is 22.2. The second kappa shape index (κ2) is 12.8. The van der Waals surface area contributed by atoms with Crippen LogP contribution >= 0.6 is 24.0 Å². The first kappa shape index (κ1) is 28.0. The van der Waals surface area contributed by atoms with E-state index in [1.54, 1.807) is 13.1 Å². The van der Waals surface area contributed by atoms with Gasteiger partial charge >= 0.3 is 6.18 Å². The van der Waals surface area contributed by atoms with Gasteiger partial charge in [0.25, 0.3) is 0 Å². The lowest BCUT2D eigenvalue weighted by atomic mass is 9.78. The minimum atomic E-state index is -4.31. The number of halogens is 4. The summed E-state index contributed by atoms with van der Waals surface area (Å²) in [4.78, 5) is 4.28. The number of nitrogens with one attached hydrogen (secondary N) is 2. The summed E-state index contributed by atoms with van der Waals surface area (Å²) in [6.07, 6.45) is -1.93. The Morgan fingerprint density at radius 3 is 2.55 bits per heavy atom. The molecule has 2 atom stereocenters. The summed E-state index contributed by atoms with van der Waals surface area (Å²) in [5.74, 6) is 1.10. The predicted molar refractivity (Wildman–Crippen MR) is 128 cm³/mol. The molecule has 31 heavy (non-hydrogen) atoms. The fourth-order valence-electron chi connectivity index (χ4n) is 3.76. The van der Waals surface area contributed by atoms with Gasteiger partial charge in [0.1, 0.15) is 6.61 Å². The smallest absolute Gasteiger partial charge is 0.377 e. The van der Waals surface area contributed by atoms with Gasteiger partial charge in [-0.2, -0.15) is 13.2 Å². The SMILES string of the molecule is CN=C(NCc1cccc(COCC(F)(F)F)c1)NCC1CCCOC1C(C)(C)C.I. The molecule has 0 radical (unpaired) electrons. The molecule has 0 spiro atoms. The molecule has 1 aromatic carbocycles. The van der Waals surface area contributed by atoms with E-state index in [2.05, 4.69) is 36.4 Å². The van der Waals surface area contributed by atoms with Gasteiger partial charge in [-0.1, -0.05) is 45.0 Å². The molecule has 178 valence electrons. The Morgan fingerprint density at radius 1 is 1.19 bits per heavy atom. The van der Waals surface area contributed by atoms with Gasteiger partial charge in [0.2, 0.25) is 0 Å². The van der Waals surface area contributed by atoms with Crippen LogP contribution in [0.4, 0.5) is 13.2 Å². The standard InChI is InChI=1S/C22H34F3N3O2.HI/c1-21(2,3)19-18(9-6-10-30-19)13-28-20(26-4)27-12-16-7-5-8-17(11-16)14-29-15-22(23,24)25;/h5,7-8,11,18-19H,6,9-10,12-15H2,1-4H3,(H2,26,27,28);1H. The van der Waals surface area contributed by atoms with Crippen molar-refractivity contribution in [2.24, 2.45) is 16.3 Å². The Balaban J connectivity index is 0.00000480. The van der Waals surface area contributed by atoms with E-state index in [0.717, 1.165) is 31.6 Å². The van der Waals surface area contributed by atoms with Gasteiger partial charge in [0.05, 0.1) is 12.7 Å². The minimum Gasteiger partial charge on any atom is -0.377 e. The number of nitrogens with zero attached hydrogens (tertiary/aromatic N) is 1. The average Bonchev–Trinajstić information content (AvgIpc) is 2.67. The Hall–Kier alpha value is -1.07. The molecule has 1 aromatic rings. The molecule has 0 amide bonds. The highest BCUT2D eigenvalue weighted by Crippen LogP contribution is 2.33. The lowest BCUT2D eigenvalue weighted by Gasteiger charge is -2.40. The zero-order valence-electron chi connectivity index (χ0n) is 18.7. The van der Waals surface area contributed by atoms with Crippen LogP contribution in [-0.4, -0.2) is 45.0 Å². The summed E-state index contributed by atoms with van der Waals surface area (Å²) in [6.45, 7) is 7.39. The molecule has 0 aromatic heterocycles. The fourth-order valence-corrected chi connectivity index (χ4v) is 3.76. The van der Waals surface area contributed by atoms with Crippen molar-refractivity contribution < 1.29 is 22.6 Å². The quantitative estimate of drug-likeness (QED) is 0.285. The average molecular weight is 557 g/mol. The van der Waals surface area contributed by atoms with Crippen LogP contribution < -0.4 is 10.6 Å². The first-order chi connectivity index (χ1) is 14.1. The molecule has 0 bridgehead atoms. The van der Waals surface area contributed by atoms with Gasteiger partial charge in [-0.3, -0.25) is 4.99 Å². The number of hydrogen-bond acceptors (Lipinski definition) is 3. The number of alkyl halides is 3. The number of guanidine groups is 1. The third-order valence-electron chi connectivity index (χ3n) is 5.04. The van der Waals surface area contributed by atoms with Gasteiger partial charge in [0, 0.05) is 32.7 Å². The maximum atomic E-state index is 12.2. The van der Waals surface area contributed by atoms with Crippen LogP contribution in [0.2, 0.25) is 0 Å². The Bertz CT molecular complexity index is 693. The van der Waals surface area contributed by atoms with Gasteiger partial charge in [0.15, 0.2) is 5.96 Å².